The van der Waals surface area contributed by atoms with Crippen LogP contribution in [-0.2, 0) is 9.84 Å². The van der Waals surface area contributed by atoms with Crippen molar-refractivity contribution < 1.29 is 8.42 Å². The molecular formula is C20H15BiO2S. The molecule has 0 N–H and O–H groups in total. The van der Waals surface area contributed by atoms with E-state index in [4.69, 9.17) is 0 Å². The van der Waals surface area contributed by atoms with Gasteiger partial charge in [0.05, 0.1) is 0 Å². The fourth-order valence-corrected chi connectivity index (χ4v) is 17.9. The van der Waals surface area contributed by atoms with Crippen LogP contribution in [0.25, 0.3) is 6.08 Å². The van der Waals surface area contributed by atoms with Gasteiger partial charge in [-0.2, -0.15) is 0 Å². The van der Waals surface area contributed by atoms with E-state index in [-0.39, 0.29) is 0 Å². The summed E-state index contributed by atoms with van der Waals surface area (Å²) in [5.74, 6) is 0. The van der Waals surface area contributed by atoms with Gasteiger partial charge in [0.1, 0.15) is 0 Å². The quantitative estimate of drug-likeness (QED) is 0.374. The first-order valence-corrected chi connectivity index (χ1v) is 14.3. The average molecular weight is 528 g/mol. The molecule has 2 nitrogen and oxygen atoms in total. The van der Waals surface area contributed by atoms with Crippen LogP contribution < -0.4 is 9.81 Å². The molecule has 4 rings (SSSR count). The van der Waals surface area contributed by atoms with Gasteiger partial charge in [0.2, 0.25) is 0 Å². The van der Waals surface area contributed by atoms with Crippen molar-refractivity contribution in [2.45, 2.75) is 9.79 Å². The molecule has 24 heavy (non-hydrogen) atoms. The van der Waals surface area contributed by atoms with Crippen LogP contribution in [0.4, 0.5) is 0 Å². The molecule has 0 aliphatic carbocycles. The Morgan fingerprint density at radius 2 is 1.25 bits per heavy atom. The van der Waals surface area contributed by atoms with Gasteiger partial charge in [0, 0.05) is 0 Å². The van der Waals surface area contributed by atoms with Crippen LogP contribution in [0.1, 0.15) is 5.56 Å². The van der Waals surface area contributed by atoms with E-state index in [2.05, 4.69) is 30.8 Å². The van der Waals surface area contributed by atoms with Crippen molar-refractivity contribution in [2.24, 2.45) is 0 Å². The molecule has 4 heteroatoms. The van der Waals surface area contributed by atoms with E-state index in [9.17, 15) is 8.42 Å². The van der Waals surface area contributed by atoms with Crippen molar-refractivity contribution in [1.29, 1.82) is 0 Å². The van der Waals surface area contributed by atoms with Crippen molar-refractivity contribution in [2.75, 3.05) is 0 Å². The van der Waals surface area contributed by atoms with E-state index in [1.54, 1.807) is 12.1 Å². The molecule has 3 aromatic rings. The summed E-state index contributed by atoms with van der Waals surface area (Å²) in [6, 6.07) is 23.4. The van der Waals surface area contributed by atoms with E-state index in [0.29, 0.717) is 9.79 Å². The van der Waals surface area contributed by atoms with E-state index >= 15 is 0 Å². The predicted octanol–water partition coefficient (Wildman–Crippen LogP) is 1.99. The molecule has 0 radical (unpaired) electrons. The van der Waals surface area contributed by atoms with Crippen molar-refractivity contribution in [3.63, 3.8) is 0 Å². The molecule has 118 valence electrons. The molecule has 0 spiro atoms. The molecule has 0 amide bonds. The fourth-order valence-electron chi connectivity index (χ4n) is 3.02. The molecule has 0 aromatic heterocycles. The number of rotatable bonds is 2. The molecule has 1 aliphatic heterocycles. The standard InChI is InChI=1S/C12H8O2S.C8H7.Bi/c13-15(14,11-7-3-1-4-8-11)12-9-5-2-6-10-12;1-2-8-6-4-3-5-7-8;/h1-7,9H;2,4-7H,1H2;. The molecule has 1 heterocycles. The number of hydrogen-bond acceptors (Lipinski definition) is 2. The number of benzene rings is 3. The number of fused-ring (bicyclic) bond motifs is 2. The summed E-state index contributed by atoms with van der Waals surface area (Å²) < 4.78 is 29.3. The molecule has 0 unspecified atom stereocenters. The maximum absolute atomic E-state index is 13.0. The van der Waals surface area contributed by atoms with Gasteiger partial charge in [-0.25, -0.2) is 0 Å². The first-order chi connectivity index (χ1) is 11.6. The van der Waals surface area contributed by atoms with Crippen molar-refractivity contribution in [3.05, 3.63) is 84.9 Å². The maximum atomic E-state index is 13.0. The first-order valence-electron chi connectivity index (χ1n) is 7.59. The Labute approximate surface area is 150 Å². The van der Waals surface area contributed by atoms with Gasteiger partial charge in [-0.3, -0.25) is 0 Å². The minimum absolute atomic E-state index is 0.495. The third-order valence-electron chi connectivity index (χ3n) is 4.18. The Hall–Kier alpha value is -1.77. The molecule has 0 saturated heterocycles. The van der Waals surface area contributed by atoms with Crippen LogP contribution in [0.15, 0.2) is 89.2 Å². The molecule has 1 aliphatic rings. The first kappa shape index (κ1) is 15.7. The van der Waals surface area contributed by atoms with E-state index in [1.165, 1.54) is 3.27 Å². The topological polar surface area (TPSA) is 34.1 Å². The normalized spacial score (nSPS) is 15.3. The zero-order valence-corrected chi connectivity index (χ0v) is 17.2. The third kappa shape index (κ3) is 2.37. The van der Waals surface area contributed by atoms with Gasteiger partial charge < -0.3 is 0 Å². The second-order valence-corrected chi connectivity index (χ2v) is 15.8. The summed E-state index contributed by atoms with van der Waals surface area (Å²) >= 11 is -2.61. The predicted molar refractivity (Wildman–Crippen MR) is 99.5 cm³/mol. The Balaban J connectivity index is 2.02. The molecule has 0 saturated carbocycles. The zero-order valence-electron chi connectivity index (χ0n) is 12.9. The average Bonchev–Trinajstić information content (AvgIpc) is 2.63. The Bertz CT molecular complexity index is 984. The van der Waals surface area contributed by atoms with Gasteiger partial charge in [0.15, 0.2) is 0 Å². The molecule has 0 bridgehead atoms. The summed E-state index contributed by atoms with van der Waals surface area (Å²) in [5, 5.41) is 0. The molecule has 0 fully saturated rings. The Morgan fingerprint density at radius 3 is 1.75 bits per heavy atom. The van der Waals surface area contributed by atoms with E-state index in [0.717, 1.165) is 12.1 Å². The minimum atomic E-state index is -3.42. The van der Waals surface area contributed by atoms with E-state index < -0.39 is 31.6 Å². The van der Waals surface area contributed by atoms with Crippen LogP contribution >= 0.6 is 0 Å². The van der Waals surface area contributed by atoms with Crippen LogP contribution in [-0.4, -0.2) is 30.2 Å². The fraction of sp³-hybridized carbons (Fsp3) is 0. The van der Waals surface area contributed by atoms with Crippen LogP contribution in [0.5, 0.6) is 0 Å². The summed E-state index contributed by atoms with van der Waals surface area (Å²) in [5.41, 5.74) is 1.08. The Kier molecular flexibility index (Phi) is 3.90. The number of hydrogen-bond donors (Lipinski definition) is 0. The second-order valence-electron chi connectivity index (χ2n) is 5.57. The zero-order chi connectivity index (χ0) is 16.7. The molecule has 0 atom stereocenters. The summed E-state index contributed by atoms with van der Waals surface area (Å²) in [4.78, 5) is 0.989. The monoisotopic (exact) mass is 528 g/mol. The summed E-state index contributed by atoms with van der Waals surface area (Å²) in [7, 11) is -3.42. The Morgan fingerprint density at radius 1 is 0.750 bits per heavy atom. The van der Waals surface area contributed by atoms with E-state index in [1.807, 2.05) is 42.5 Å². The van der Waals surface area contributed by atoms with Crippen LogP contribution in [0, 0.1) is 0 Å². The van der Waals surface area contributed by atoms with Crippen molar-refractivity contribution in [3.8, 4) is 0 Å². The van der Waals surface area contributed by atoms with Gasteiger partial charge >= 0.3 is 151 Å². The van der Waals surface area contributed by atoms with Gasteiger partial charge in [-0.15, -0.1) is 0 Å². The molecular weight excluding hydrogens is 513 g/mol. The number of sulfone groups is 1. The van der Waals surface area contributed by atoms with Gasteiger partial charge in [-0.1, -0.05) is 0 Å². The van der Waals surface area contributed by atoms with Crippen molar-refractivity contribution in [1.82, 2.24) is 0 Å². The van der Waals surface area contributed by atoms with Gasteiger partial charge in [0.25, 0.3) is 0 Å². The summed E-state index contributed by atoms with van der Waals surface area (Å²) in [6.07, 6.45) is 1.83. The van der Waals surface area contributed by atoms with Crippen LogP contribution in [0.2, 0.25) is 0 Å². The third-order valence-corrected chi connectivity index (χ3v) is 17.2. The molecule has 3 aromatic carbocycles. The van der Waals surface area contributed by atoms with Gasteiger partial charge in [-0.05, 0) is 0 Å². The van der Waals surface area contributed by atoms with Crippen molar-refractivity contribution >= 4 is 47.5 Å². The second kappa shape index (κ2) is 5.95. The van der Waals surface area contributed by atoms with Crippen LogP contribution in [0.3, 0.4) is 0 Å². The summed E-state index contributed by atoms with van der Waals surface area (Å²) in [6.45, 7) is 3.80. The SMILES string of the molecule is C=Cc1cc[c]([Bi]2[c]3ccccc3S(=O)(=O)c3cccc[c]32)cc1.